The number of hydrogen-bond acceptors (Lipinski definition) is 5. The Morgan fingerprint density at radius 2 is 1.81 bits per heavy atom. The number of Topliss-reactive ketones (excluding diaryl/α,β-unsaturated/α-hetero) is 1. The minimum Gasteiger partial charge on any atom is -0.379 e. The molecule has 1 aliphatic rings. The third-order valence-corrected chi connectivity index (χ3v) is 6.33. The number of H-pyrrole nitrogens is 1. The predicted molar refractivity (Wildman–Crippen MR) is 99.8 cm³/mol. The zero-order valence-corrected chi connectivity index (χ0v) is 16.1. The third-order valence-electron chi connectivity index (χ3n) is 4.10. The molecule has 0 aliphatic carbocycles. The quantitative estimate of drug-likeness (QED) is 0.733. The molecule has 1 aromatic heterocycles. The summed E-state index contributed by atoms with van der Waals surface area (Å²) in [7, 11) is -3.72. The van der Waals surface area contributed by atoms with E-state index in [-0.39, 0.29) is 40.2 Å². The number of ketones is 1. The number of morpholine rings is 1. The molecule has 144 valence electrons. The van der Waals surface area contributed by atoms with Gasteiger partial charge in [0.1, 0.15) is 5.69 Å². The lowest BCUT2D eigenvalue weighted by atomic mass is 10.3. The van der Waals surface area contributed by atoms with Crippen molar-refractivity contribution in [3.05, 3.63) is 46.7 Å². The first-order valence-electron chi connectivity index (χ1n) is 8.18. The van der Waals surface area contributed by atoms with Crippen LogP contribution in [0.1, 0.15) is 27.9 Å². The van der Waals surface area contributed by atoms with Crippen molar-refractivity contribution >= 4 is 39.0 Å². The Bertz CT molecular complexity index is 980. The number of rotatable bonds is 5. The predicted octanol–water partition coefficient (Wildman–Crippen LogP) is 2.14. The van der Waals surface area contributed by atoms with Gasteiger partial charge in [0.15, 0.2) is 5.78 Å². The third kappa shape index (κ3) is 4.22. The first-order valence-corrected chi connectivity index (χ1v) is 9.99. The van der Waals surface area contributed by atoms with Gasteiger partial charge < -0.3 is 15.0 Å². The van der Waals surface area contributed by atoms with Crippen LogP contribution in [0.5, 0.6) is 0 Å². The average molecular weight is 412 g/mol. The molecule has 2 N–H and O–H groups in total. The van der Waals surface area contributed by atoms with Gasteiger partial charge in [-0.15, -0.1) is 0 Å². The van der Waals surface area contributed by atoms with Gasteiger partial charge in [-0.2, -0.15) is 4.31 Å². The first kappa shape index (κ1) is 19.6. The van der Waals surface area contributed by atoms with Crippen molar-refractivity contribution in [2.45, 2.75) is 11.8 Å². The Morgan fingerprint density at radius 1 is 1.15 bits per heavy atom. The van der Waals surface area contributed by atoms with Crippen LogP contribution in [0.25, 0.3) is 0 Å². The Kier molecular flexibility index (Phi) is 5.66. The molecular weight excluding hydrogens is 394 g/mol. The maximum atomic E-state index is 12.8. The number of nitrogens with one attached hydrogen (secondary N) is 2. The van der Waals surface area contributed by atoms with Crippen LogP contribution in [-0.4, -0.2) is 55.7 Å². The van der Waals surface area contributed by atoms with Crippen LogP contribution in [0.4, 0.5) is 5.69 Å². The Morgan fingerprint density at radius 3 is 2.44 bits per heavy atom. The molecule has 0 unspecified atom stereocenters. The molecule has 1 amide bonds. The lowest BCUT2D eigenvalue weighted by Crippen LogP contribution is -2.40. The summed E-state index contributed by atoms with van der Waals surface area (Å²) in [5.74, 6) is -0.740. The molecule has 3 rings (SSSR count). The number of halogens is 1. The fraction of sp³-hybridized carbons (Fsp3) is 0.294. The summed E-state index contributed by atoms with van der Waals surface area (Å²) in [5.41, 5.74) is 0.627. The molecule has 0 atom stereocenters. The van der Waals surface area contributed by atoms with E-state index in [1.165, 1.54) is 41.6 Å². The molecule has 8 nitrogen and oxygen atoms in total. The van der Waals surface area contributed by atoms with Crippen molar-refractivity contribution < 1.29 is 22.7 Å². The van der Waals surface area contributed by atoms with Crippen LogP contribution >= 0.6 is 11.6 Å². The minimum absolute atomic E-state index is 0.0278. The molecule has 0 bridgehead atoms. The molecule has 2 heterocycles. The average Bonchev–Trinajstić information content (AvgIpc) is 3.15. The highest BCUT2D eigenvalue weighted by atomic mass is 35.5. The zero-order valence-electron chi connectivity index (χ0n) is 14.5. The van der Waals surface area contributed by atoms with Gasteiger partial charge in [-0.05, 0) is 30.3 Å². The molecule has 1 fully saturated rings. The second kappa shape index (κ2) is 7.81. The van der Waals surface area contributed by atoms with E-state index in [9.17, 15) is 18.0 Å². The highest BCUT2D eigenvalue weighted by Gasteiger charge is 2.27. The van der Waals surface area contributed by atoms with Crippen molar-refractivity contribution in [3.63, 3.8) is 0 Å². The second-order valence-corrected chi connectivity index (χ2v) is 8.30. The maximum Gasteiger partial charge on any atom is 0.272 e. The van der Waals surface area contributed by atoms with E-state index < -0.39 is 15.9 Å². The van der Waals surface area contributed by atoms with Crippen molar-refractivity contribution in [2.75, 3.05) is 31.6 Å². The molecule has 1 aliphatic heterocycles. The van der Waals surface area contributed by atoms with Crippen LogP contribution in [0, 0.1) is 0 Å². The van der Waals surface area contributed by atoms with Crippen LogP contribution in [0.2, 0.25) is 5.02 Å². The van der Waals surface area contributed by atoms with Crippen LogP contribution in [0.15, 0.2) is 35.2 Å². The van der Waals surface area contributed by atoms with Gasteiger partial charge in [0.25, 0.3) is 5.91 Å². The van der Waals surface area contributed by atoms with Crippen LogP contribution in [-0.2, 0) is 14.8 Å². The van der Waals surface area contributed by atoms with Gasteiger partial charge in [-0.25, -0.2) is 8.42 Å². The number of aromatic amines is 1. The molecule has 0 saturated carbocycles. The van der Waals surface area contributed by atoms with Gasteiger partial charge in [0.2, 0.25) is 10.0 Å². The number of hydrogen-bond donors (Lipinski definition) is 2. The largest absolute Gasteiger partial charge is 0.379 e. The van der Waals surface area contributed by atoms with E-state index in [1.54, 1.807) is 0 Å². The van der Waals surface area contributed by atoms with Gasteiger partial charge in [-0.1, -0.05) is 11.6 Å². The highest BCUT2D eigenvalue weighted by molar-refractivity contribution is 7.89. The lowest BCUT2D eigenvalue weighted by molar-refractivity contribution is 0.0730. The smallest absolute Gasteiger partial charge is 0.272 e. The first-order chi connectivity index (χ1) is 12.8. The Hall–Kier alpha value is -2.20. The van der Waals surface area contributed by atoms with Crippen molar-refractivity contribution in [1.82, 2.24) is 9.29 Å². The number of nitrogens with zero attached hydrogens (tertiary/aromatic N) is 1. The van der Waals surface area contributed by atoms with E-state index in [0.717, 1.165) is 0 Å². The van der Waals surface area contributed by atoms with Crippen molar-refractivity contribution in [1.29, 1.82) is 0 Å². The molecule has 27 heavy (non-hydrogen) atoms. The summed E-state index contributed by atoms with van der Waals surface area (Å²) in [4.78, 5) is 26.4. The number of benzene rings is 1. The number of ether oxygens (including phenoxy) is 1. The van der Waals surface area contributed by atoms with E-state index in [1.807, 2.05) is 0 Å². The molecule has 2 aromatic rings. The number of sulfonamides is 1. The van der Waals surface area contributed by atoms with Crippen LogP contribution < -0.4 is 5.32 Å². The normalized spacial score (nSPS) is 15.5. The molecule has 0 radical (unpaired) electrons. The lowest BCUT2D eigenvalue weighted by Gasteiger charge is -2.26. The number of amides is 1. The summed E-state index contributed by atoms with van der Waals surface area (Å²) in [6, 6.07) is 7.10. The molecule has 10 heteroatoms. The summed E-state index contributed by atoms with van der Waals surface area (Å²) in [6.07, 6.45) is 0. The zero-order chi connectivity index (χ0) is 19.6. The molecule has 0 spiro atoms. The number of carbonyl (C=O) groups excluding carboxylic acids is 2. The monoisotopic (exact) mass is 411 g/mol. The van der Waals surface area contributed by atoms with Gasteiger partial charge >= 0.3 is 0 Å². The summed E-state index contributed by atoms with van der Waals surface area (Å²) >= 11 is 6.11. The Labute approximate surface area is 161 Å². The standard InChI is InChI=1S/C17H18ClN3O5S/c1-11(22)14-4-5-15(19-14)17(23)20-16-10-12(2-3-13(16)18)27(24,25)21-6-8-26-9-7-21/h2-5,10,19H,6-9H2,1H3,(H,20,23). The minimum atomic E-state index is -3.72. The topological polar surface area (TPSA) is 109 Å². The van der Waals surface area contributed by atoms with Gasteiger partial charge in [-0.3, -0.25) is 9.59 Å². The number of carbonyl (C=O) groups is 2. The summed E-state index contributed by atoms with van der Waals surface area (Å²) < 4.78 is 32.0. The van der Waals surface area contributed by atoms with Crippen molar-refractivity contribution in [2.24, 2.45) is 0 Å². The molecule has 1 saturated heterocycles. The van der Waals surface area contributed by atoms with E-state index in [2.05, 4.69) is 10.3 Å². The van der Waals surface area contributed by atoms with Crippen molar-refractivity contribution in [3.8, 4) is 0 Å². The van der Waals surface area contributed by atoms with E-state index in [4.69, 9.17) is 16.3 Å². The SMILES string of the molecule is CC(=O)c1ccc(C(=O)Nc2cc(S(=O)(=O)N3CCOCC3)ccc2Cl)[nH]1. The highest BCUT2D eigenvalue weighted by Crippen LogP contribution is 2.27. The van der Waals surface area contributed by atoms with E-state index in [0.29, 0.717) is 18.9 Å². The summed E-state index contributed by atoms with van der Waals surface area (Å²) in [6.45, 7) is 2.58. The Balaban J connectivity index is 1.84. The second-order valence-electron chi connectivity index (χ2n) is 5.95. The summed E-state index contributed by atoms with van der Waals surface area (Å²) in [5, 5.41) is 2.77. The van der Waals surface area contributed by atoms with E-state index >= 15 is 0 Å². The molecule has 1 aromatic carbocycles. The molecular formula is C17H18ClN3O5S. The van der Waals surface area contributed by atoms with Gasteiger partial charge in [0, 0.05) is 20.0 Å². The van der Waals surface area contributed by atoms with Crippen LogP contribution in [0.3, 0.4) is 0 Å². The fourth-order valence-electron chi connectivity index (χ4n) is 2.62. The number of aromatic nitrogens is 1. The van der Waals surface area contributed by atoms with Gasteiger partial charge in [0.05, 0.1) is 34.5 Å². The number of anilines is 1. The maximum absolute atomic E-state index is 12.8. The fourth-order valence-corrected chi connectivity index (χ4v) is 4.22.